The van der Waals surface area contributed by atoms with Gasteiger partial charge in [0.05, 0.1) is 13.5 Å². The number of esters is 1. The summed E-state index contributed by atoms with van der Waals surface area (Å²) in [6, 6.07) is 9.36. The van der Waals surface area contributed by atoms with Crippen LogP contribution < -0.4 is 4.90 Å². The van der Waals surface area contributed by atoms with Crippen molar-refractivity contribution in [1.82, 2.24) is 9.97 Å². The molecule has 0 spiro atoms. The number of hydrogen-bond donors (Lipinski definition) is 0. The Morgan fingerprint density at radius 1 is 1.30 bits per heavy atom. The highest BCUT2D eigenvalue weighted by Gasteiger charge is 2.07. The predicted molar refractivity (Wildman–Crippen MR) is 77.3 cm³/mol. The van der Waals surface area contributed by atoms with Gasteiger partial charge in [0.2, 0.25) is 5.28 Å². The lowest BCUT2D eigenvalue weighted by molar-refractivity contribution is -0.139. The molecule has 2 rings (SSSR count). The Balaban J connectivity index is 2.15. The van der Waals surface area contributed by atoms with Gasteiger partial charge >= 0.3 is 5.97 Å². The maximum atomic E-state index is 11.2. The largest absolute Gasteiger partial charge is 0.469 e. The zero-order valence-electron chi connectivity index (χ0n) is 11.2. The fourth-order valence-electron chi connectivity index (χ4n) is 1.72. The number of nitrogens with zero attached hydrogens (tertiary/aromatic N) is 3. The molecule has 20 heavy (non-hydrogen) atoms. The van der Waals surface area contributed by atoms with E-state index in [1.165, 1.54) is 7.11 Å². The normalized spacial score (nSPS) is 10.2. The number of aromatic nitrogens is 2. The molecule has 6 heteroatoms. The van der Waals surface area contributed by atoms with E-state index in [1.54, 1.807) is 12.3 Å². The lowest BCUT2D eigenvalue weighted by Gasteiger charge is -2.18. The summed E-state index contributed by atoms with van der Waals surface area (Å²) in [6.45, 7) is 0. The Morgan fingerprint density at radius 2 is 2.00 bits per heavy atom. The second kappa shape index (κ2) is 6.34. The molecule has 0 unspecified atom stereocenters. The molecule has 0 fully saturated rings. The molecule has 0 N–H and O–H groups in total. The van der Waals surface area contributed by atoms with Crippen molar-refractivity contribution in [2.24, 2.45) is 0 Å². The third-order valence-corrected chi connectivity index (χ3v) is 3.04. The second-order valence-electron chi connectivity index (χ2n) is 4.16. The van der Waals surface area contributed by atoms with E-state index in [1.807, 2.05) is 36.2 Å². The van der Waals surface area contributed by atoms with Crippen LogP contribution in [-0.2, 0) is 16.0 Å². The van der Waals surface area contributed by atoms with Crippen molar-refractivity contribution in [1.29, 1.82) is 0 Å². The van der Waals surface area contributed by atoms with E-state index >= 15 is 0 Å². The molecular weight excluding hydrogens is 278 g/mol. The zero-order valence-corrected chi connectivity index (χ0v) is 12.0. The van der Waals surface area contributed by atoms with E-state index in [-0.39, 0.29) is 17.7 Å². The van der Waals surface area contributed by atoms with Gasteiger partial charge in [-0.2, -0.15) is 0 Å². The summed E-state index contributed by atoms with van der Waals surface area (Å²) < 4.78 is 4.63. The average Bonchev–Trinajstić information content (AvgIpc) is 2.47. The molecule has 5 nitrogen and oxygen atoms in total. The highest BCUT2D eigenvalue weighted by molar-refractivity contribution is 6.28. The first-order valence-corrected chi connectivity index (χ1v) is 6.36. The van der Waals surface area contributed by atoms with Crippen molar-refractivity contribution in [3.8, 4) is 0 Å². The van der Waals surface area contributed by atoms with Crippen molar-refractivity contribution in [3.63, 3.8) is 0 Å². The summed E-state index contributed by atoms with van der Waals surface area (Å²) in [4.78, 5) is 21.1. The highest BCUT2D eigenvalue weighted by atomic mass is 35.5. The number of carbonyl (C=O) groups excluding carboxylic acids is 1. The zero-order chi connectivity index (χ0) is 14.5. The van der Waals surface area contributed by atoms with Crippen LogP contribution in [0.4, 0.5) is 11.5 Å². The molecule has 2 aromatic rings. The van der Waals surface area contributed by atoms with Crippen LogP contribution in [0.15, 0.2) is 36.5 Å². The van der Waals surface area contributed by atoms with Crippen LogP contribution >= 0.6 is 11.6 Å². The standard InChI is InChI=1S/C14H14ClN3O2/c1-18(12-7-8-16-14(15)17-12)11-5-3-10(4-6-11)9-13(19)20-2/h3-8H,9H2,1-2H3. The molecular formula is C14H14ClN3O2. The molecule has 0 amide bonds. The van der Waals surface area contributed by atoms with Gasteiger partial charge in [0, 0.05) is 18.9 Å². The van der Waals surface area contributed by atoms with Gasteiger partial charge in [0.25, 0.3) is 0 Å². The number of benzene rings is 1. The number of hydrogen-bond acceptors (Lipinski definition) is 5. The van der Waals surface area contributed by atoms with Gasteiger partial charge < -0.3 is 9.64 Å². The van der Waals surface area contributed by atoms with Crippen molar-refractivity contribution in [3.05, 3.63) is 47.4 Å². The first-order chi connectivity index (χ1) is 9.60. The second-order valence-corrected chi connectivity index (χ2v) is 4.50. The minimum Gasteiger partial charge on any atom is -0.469 e. The highest BCUT2D eigenvalue weighted by Crippen LogP contribution is 2.22. The van der Waals surface area contributed by atoms with Gasteiger partial charge in [-0.25, -0.2) is 9.97 Å². The number of anilines is 2. The summed E-state index contributed by atoms with van der Waals surface area (Å²) in [7, 11) is 3.26. The van der Waals surface area contributed by atoms with Crippen molar-refractivity contribution in [2.75, 3.05) is 19.1 Å². The minimum atomic E-state index is -0.256. The monoisotopic (exact) mass is 291 g/mol. The van der Waals surface area contributed by atoms with E-state index in [0.29, 0.717) is 5.82 Å². The van der Waals surface area contributed by atoms with Crippen LogP contribution in [0.5, 0.6) is 0 Å². The van der Waals surface area contributed by atoms with Gasteiger partial charge in [-0.3, -0.25) is 4.79 Å². The smallest absolute Gasteiger partial charge is 0.309 e. The van der Waals surface area contributed by atoms with E-state index in [0.717, 1.165) is 11.3 Å². The van der Waals surface area contributed by atoms with Crippen LogP contribution in [0.1, 0.15) is 5.56 Å². The third-order valence-electron chi connectivity index (χ3n) is 2.85. The number of halogens is 1. The number of carbonyl (C=O) groups is 1. The number of rotatable bonds is 4. The lowest BCUT2D eigenvalue weighted by Crippen LogP contribution is -2.11. The molecule has 104 valence electrons. The molecule has 1 aromatic carbocycles. The molecule has 0 radical (unpaired) electrons. The molecule has 0 aliphatic carbocycles. The molecule has 0 aliphatic rings. The first kappa shape index (κ1) is 14.3. The quantitative estimate of drug-likeness (QED) is 0.640. The van der Waals surface area contributed by atoms with Crippen molar-refractivity contribution < 1.29 is 9.53 Å². The molecule has 1 heterocycles. The number of methoxy groups -OCH3 is 1. The summed E-state index contributed by atoms with van der Waals surface area (Å²) in [5, 5.41) is 0.205. The van der Waals surface area contributed by atoms with E-state index < -0.39 is 0 Å². The summed E-state index contributed by atoms with van der Waals surface area (Å²) >= 11 is 5.77. The van der Waals surface area contributed by atoms with Crippen LogP contribution in [0.3, 0.4) is 0 Å². The SMILES string of the molecule is COC(=O)Cc1ccc(N(C)c2ccnc(Cl)n2)cc1. The van der Waals surface area contributed by atoms with Gasteiger partial charge in [-0.1, -0.05) is 12.1 Å². The molecule has 1 aromatic heterocycles. The molecule has 0 bridgehead atoms. The lowest BCUT2D eigenvalue weighted by atomic mass is 10.1. The summed E-state index contributed by atoms with van der Waals surface area (Å²) in [5.74, 6) is 0.444. The van der Waals surface area contributed by atoms with E-state index in [9.17, 15) is 4.79 Å². The van der Waals surface area contributed by atoms with Gasteiger partial charge in [-0.05, 0) is 35.4 Å². The average molecular weight is 292 g/mol. The van der Waals surface area contributed by atoms with E-state index in [2.05, 4.69) is 14.7 Å². The van der Waals surface area contributed by atoms with E-state index in [4.69, 9.17) is 11.6 Å². The first-order valence-electron chi connectivity index (χ1n) is 5.98. The fraction of sp³-hybridized carbons (Fsp3) is 0.214. The Morgan fingerprint density at radius 3 is 2.60 bits per heavy atom. The van der Waals surface area contributed by atoms with Crippen LogP contribution in [-0.4, -0.2) is 30.1 Å². The summed E-state index contributed by atoms with van der Waals surface area (Å²) in [6.07, 6.45) is 1.87. The molecule has 0 atom stereocenters. The maximum Gasteiger partial charge on any atom is 0.309 e. The van der Waals surface area contributed by atoms with Crippen molar-refractivity contribution in [2.45, 2.75) is 6.42 Å². The van der Waals surface area contributed by atoms with Crippen LogP contribution in [0.25, 0.3) is 0 Å². The van der Waals surface area contributed by atoms with Crippen LogP contribution in [0.2, 0.25) is 5.28 Å². The number of ether oxygens (including phenoxy) is 1. The Labute approximate surface area is 122 Å². The Kier molecular flexibility index (Phi) is 4.53. The predicted octanol–water partition coefficient (Wildman–Crippen LogP) is 2.61. The molecule has 0 saturated heterocycles. The maximum absolute atomic E-state index is 11.2. The molecule has 0 aliphatic heterocycles. The van der Waals surface area contributed by atoms with Crippen molar-refractivity contribution >= 4 is 29.1 Å². The Bertz CT molecular complexity index is 602. The fourth-order valence-corrected chi connectivity index (χ4v) is 1.86. The van der Waals surface area contributed by atoms with Gasteiger partial charge in [-0.15, -0.1) is 0 Å². The summed E-state index contributed by atoms with van der Waals surface area (Å²) in [5.41, 5.74) is 1.84. The minimum absolute atomic E-state index is 0.205. The molecule has 0 saturated carbocycles. The van der Waals surface area contributed by atoms with Gasteiger partial charge in [0.1, 0.15) is 5.82 Å². The third kappa shape index (κ3) is 3.45. The topological polar surface area (TPSA) is 55.3 Å². The Hall–Kier alpha value is -2.14. The van der Waals surface area contributed by atoms with Gasteiger partial charge in [0.15, 0.2) is 0 Å². The van der Waals surface area contributed by atoms with Crippen LogP contribution in [0, 0.1) is 0 Å².